The van der Waals surface area contributed by atoms with E-state index >= 15 is 0 Å². The van der Waals surface area contributed by atoms with E-state index in [1.165, 1.54) is 0 Å². The Bertz CT molecular complexity index is 1330. The normalized spacial score (nSPS) is 18.9. The van der Waals surface area contributed by atoms with Crippen LogP contribution in [0.5, 0.6) is 11.5 Å². The fourth-order valence-electron chi connectivity index (χ4n) is 5.72. The van der Waals surface area contributed by atoms with Crippen LogP contribution in [0.3, 0.4) is 0 Å². The van der Waals surface area contributed by atoms with Crippen molar-refractivity contribution in [3.05, 3.63) is 35.4 Å². The van der Waals surface area contributed by atoms with Gasteiger partial charge < -0.3 is 35.2 Å². The van der Waals surface area contributed by atoms with Crippen LogP contribution in [0.4, 0.5) is 11.8 Å². The number of carbonyl (C=O) groups excluding carboxylic acids is 2. The summed E-state index contributed by atoms with van der Waals surface area (Å²) in [5.41, 5.74) is 8.90. The van der Waals surface area contributed by atoms with Gasteiger partial charge in [-0.05, 0) is 44.6 Å². The van der Waals surface area contributed by atoms with Crippen LogP contribution < -0.4 is 25.4 Å². The summed E-state index contributed by atoms with van der Waals surface area (Å²) in [4.78, 5) is 39.5. The van der Waals surface area contributed by atoms with Crippen LogP contribution in [0, 0.1) is 0 Å². The first kappa shape index (κ1) is 28.7. The Balaban J connectivity index is 0.000000216. The molecule has 3 N–H and O–H groups in total. The van der Waals surface area contributed by atoms with E-state index in [2.05, 4.69) is 32.3 Å². The number of benzene rings is 1. The van der Waals surface area contributed by atoms with Crippen molar-refractivity contribution in [2.75, 3.05) is 77.2 Å². The molecule has 6 rings (SSSR count). The minimum Gasteiger partial charge on any atom is -0.493 e. The summed E-state index contributed by atoms with van der Waals surface area (Å²) in [6, 6.07) is 3.60. The molecule has 220 valence electrons. The van der Waals surface area contributed by atoms with Crippen molar-refractivity contribution in [3.8, 4) is 11.5 Å². The van der Waals surface area contributed by atoms with Crippen molar-refractivity contribution in [2.45, 2.75) is 38.5 Å². The van der Waals surface area contributed by atoms with Crippen molar-refractivity contribution in [1.29, 1.82) is 0 Å². The molecule has 2 aromatic rings. The summed E-state index contributed by atoms with van der Waals surface area (Å²) < 4.78 is 10.7. The maximum atomic E-state index is 12.6. The van der Waals surface area contributed by atoms with Gasteiger partial charge in [0, 0.05) is 75.0 Å². The highest BCUT2D eigenvalue weighted by Gasteiger charge is 2.26. The number of rotatable bonds is 5. The predicted molar refractivity (Wildman–Crippen MR) is 159 cm³/mol. The molecule has 0 bridgehead atoms. The number of anilines is 2. The molecule has 1 aromatic carbocycles. The Labute approximate surface area is 241 Å². The summed E-state index contributed by atoms with van der Waals surface area (Å²) in [5.74, 6) is 2.61. The number of ether oxygens (including phenoxy) is 2. The number of aromatic nitrogens is 2. The molecule has 2 saturated heterocycles. The second kappa shape index (κ2) is 13.2. The second-order valence-electron chi connectivity index (χ2n) is 10.7. The summed E-state index contributed by atoms with van der Waals surface area (Å²) in [6.07, 6.45) is 10.4. The molecule has 2 fully saturated rings. The highest BCUT2D eigenvalue weighted by Crippen LogP contribution is 2.34. The highest BCUT2D eigenvalue weighted by atomic mass is 16.5. The lowest BCUT2D eigenvalue weighted by atomic mass is 10.2. The molecule has 1 aromatic heterocycles. The number of nitrogens with two attached hydrogens (primary N) is 1. The molecule has 11 heteroatoms. The monoisotopic (exact) mass is 563 g/mol. The lowest BCUT2D eigenvalue weighted by Crippen LogP contribution is -2.49. The second-order valence-corrected chi connectivity index (χ2v) is 10.7. The lowest BCUT2D eigenvalue weighted by Gasteiger charge is -2.35. The quantitative estimate of drug-likeness (QED) is 0.564. The molecule has 41 heavy (non-hydrogen) atoms. The first-order valence-electron chi connectivity index (χ1n) is 14.6. The van der Waals surface area contributed by atoms with Gasteiger partial charge in [0.05, 0.1) is 19.7 Å². The van der Waals surface area contributed by atoms with Crippen LogP contribution in [0.1, 0.15) is 38.5 Å². The first-order chi connectivity index (χ1) is 20.0. The lowest BCUT2D eigenvalue weighted by molar-refractivity contribution is -0.128. The van der Waals surface area contributed by atoms with Crippen molar-refractivity contribution in [1.82, 2.24) is 25.1 Å². The molecule has 2 amide bonds. The molecule has 0 radical (unpaired) electrons. The number of amides is 2. The number of fused-ring (bicyclic) bond motifs is 1. The molecular formula is C30H41N7O4. The number of nitrogens with zero attached hydrogens (tertiary/aromatic N) is 5. The van der Waals surface area contributed by atoms with Gasteiger partial charge in [-0.15, -0.1) is 0 Å². The van der Waals surface area contributed by atoms with Crippen LogP contribution in [0.15, 0.2) is 35.4 Å². The Morgan fingerprint density at radius 3 is 1.90 bits per heavy atom. The fourth-order valence-corrected chi connectivity index (χ4v) is 5.72. The molecule has 0 spiro atoms. The van der Waals surface area contributed by atoms with Crippen LogP contribution in [-0.2, 0) is 9.59 Å². The standard InChI is InChI=1S/C20H25N5O3.C10H16N2O/c1-27-16-11-14-15(12-17(16)28-2)22-20(23-18(14)21)25-9-7-24(8-10-25)19(26)13-5-3-4-6-13;13-10(9-3-1-2-4-9)12-7-5-11-6-8-12/h5,11-12H,3-4,6-10H2,1-2H3,(H2,21,22,23);3,11H,1-2,4-8H2. The summed E-state index contributed by atoms with van der Waals surface area (Å²) in [6.45, 7) is 6.30. The molecule has 0 unspecified atom stereocenters. The van der Waals surface area contributed by atoms with Gasteiger partial charge in [-0.25, -0.2) is 4.98 Å². The van der Waals surface area contributed by atoms with E-state index in [1.807, 2.05) is 15.9 Å². The molecule has 2 aliphatic heterocycles. The largest absolute Gasteiger partial charge is 0.493 e. The van der Waals surface area contributed by atoms with Gasteiger partial charge in [0.25, 0.3) is 0 Å². The molecule has 0 saturated carbocycles. The summed E-state index contributed by atoms with van der Waals surface area (Å²) >= 11 is 0. The molecule has 2 aliphatic carbocycles. The third kappa shape index (κ3) is 6.56. The number of carbonyl (C=O) groups is 2. The molecule has 0 atom stereocenters. The van der Waals surface area contributed by atoms with E-state index in [4.69, 9.17) is 15.2 Å². The first-order valence-corrected chi connectivity index (χ1v) is 14.6. The number of hydrogen-bond donors (Lipinski definition) is 2. The third-order valence-electron chi connectivity index (χ3n) is 8.10. The van der Waals surface area contributed by atoms with Crippen LogP contribution >= 0.6 is 0 Å². The zero-order chi connectivity index (χ0) is 28.8. The van der Waals surface area contributed by atoms with E-state index in [0.717, 1.165) is 81.2 Å². The number of piperazine rings is 2. The molecule has 3 heterocycles. The number of methoxy groups -OCH3 is 2. The van der Waals surface area contributed by atoms with Crippen molar-refractivity contribution < 1.29 is 19.1 Å². The maximum absolute atomic E-state index is 12.6. The van der Waals surface area contributed by atoms with Gasteiger partial charge in [-0.1, -0.05) is 12.2 Å². The third-order valence-corrected chi connectivity index (χ3v) is 8.10. The average Bonchev–Trinajstić information content (AvgIpc) is 3.76. The fraction of sp³-hybridized carbons (Fsp3) is 0.533. The van der Waals surface area contributed by atoms with Crippen molar-refractivity contribution in [2.24, 2.45) is 0 Å². The number of hydrogen-bond acceptors (Lipinski definition) is 9. The zero-order valence-corrected chi connectivity index (χ0v) is 24.2. The topological polar surface area (TPSA) is 126 Å². The van der Waals surface area contributed by atoms with Crippen LogP contribution in [-0.4, -0.2) is 98.2 Å². The number of nitrogen functional groups attached to an aromatic ring is 1. The Kier molecular flexibility index (Phi) is 9.23. The van der Waals surface area contributed by atoms with Gasteiger partial charge in [0.2, 0.25) is 17.8 Å². The molecule has 11 nitrogen and oxygen atoms in total. The number of nitrogens with one attached hydrogen (secondary N) is 1. The summed E-state index contributed by atoms with van der Waals surface area (Å²) in [7, 11) is 3.17. The van der Waals surface area contributed by atoms with E-state index in [0.29, 0.717) is 55.0 Å². The Morgan fingerprint density at radius 1 is 0.805 bits per heavy atom. The Hall–Kier alpha value is -3.86. The predicted octanol–water partition coefficient (Wildman–Crippen LogP) is 2.52. The minimum absolute atomic E-state index is 0.174. The van der Waals surface area contributed by atoms with Gasteiger partial charge in [0.1, 0.15) is 5.82 Å². The highest BCUT2D eigenvalue weighted by molar-refractivity contribution is 5.94. The van der Waals surface area contributed by atoms with Crippen molar-refractivity contribution >= 4 is 34.5 Å². The van der Waals surface area contributed by atoms with Crippen molar-refractivity contribution in [3.63, 3.8) is 0 Å². The Morgan fingerprint density at radius 2 is 1.37 bits per heavy atom. The molecule has 4 aliphatic rings. The smallest absolute Gasteiger partial charge is 0.249 e. The van der Waals surface area contributed by atoms with Crippen LogP contribution in [0.2, 0.25) is 0 Å². The SMILES string of the molecule is COc1cc2nc(N3CCN(C(=O)C4=CCCC4)CC3)nc(N)c2cc1OC.O=C(C1=CCCC1)N1CCNCC1. The maximum Gasteiger partial charge on any atom is 0.249 e. The van der Waals surface area contributed by atoms with Gasteiger partial charge in [0.15, 0.2) is 11.5 Å². The average molecular weight is 564 g/mol. The molecular weight excluding hydrogens is 522 g/mol. The van der Waals surface area contributed by atoms with E-state index in [9.17, 15) is 9.59 Å². The van der Waals surface area contributed by atoms with Gasteiger partial charge >= 0.3 is 0 Å². The zero-order valence-electron chi connectivity index (χ0n) is 24.2. The summed E-state index contributed by atoms with van der Waals surface area (Å²) in [5, 5.41) is 3.97. The van der Waals surface area contributed by atoms with Gasteiger partial charge in [-0.3, -0.25) is 9.59 Å². The van der Waals surface area contributed by atoms with E-state index in [-0.39, 0.29) is 11.8 Å². The minimum atomic E-state index is 0.174. The number of allylic oxidation sites excluding steroid dienone is 2. The van der Waals surface area contributed by atoms with E-state index < -0.39 is 0 Å². The van der Waals surface area contributed by atoms with Gasteiger partial charge in [-0.2, -0.15) is 4.98 Å². The van der Waals surface area contributed by atoms with E-state index in [1.54, 1.807) is 20.3 Å². The van der Waals surface area contributed by atoms with Crippen LogP contribution in [0.25, 0.3) is 10.9 Å².